The van der Waals surface area contributed by atoms with Crippen LogP contribution in [0.4, 0.5) is 5.00 Å². The minimum atomic E-state index is 0.349. The van der Waals surface area contributed by atoms with E-state index in [0.717, 1.165) is 21.5 Å². The van der Waals surface area contributed by atoms with Crippen molar-refractivity contribution >= 4 is 16.3 Å². The third-order valence-corrected chi connectivity index (χ3v) is 3.05. The Morgan fingerprint density at radius 2 is 2.13 bits per heavy atom. The third kappa shape index (κ3) is 1.87. The van der Waals surface area contributed by atoms with Crippen molar-refractivity contribution < 1.29 is 0 Å². The van der Waals surface area contributed by atoms with Crippen molar-refractivity contribution in [3.05, 3.63) is 18.0 Å². The first-order valence-corrected chi connectivity index (χ1v) is 5.66. The Balaban J connectivity index is 2.44. The molecule has 0 aliphatic heterocycles. The number of aryl methyl sites for hydroxylation is 1. The van der Waals surface area contributed by atoms with Crippen LogP contribution < -0.4 is 5.73 Å². The molecule has 0 atom stereocenters. The lowest BCUT2D eigenvalue weighted by Gasteiger charge is -1.93. The molecule has 2 aromatic heterocycles. The van der Waals surface area contributed by atoms with Crippen molar-refractivity contribution in [3.63, 3.8) is 0 Å². The second kappa shape index (κ2) is 3.66. The largest absolute Gasteiger partial charge is 0.391 e. The summed E-state index contributed by atoms with van der Waals surface area (Å²) < 4.78 is 1.81. The molecular formula is C10H14N4S. The predicted molar refractivity (Wildman–Crippen MR) is 62.8 cm³/mol. The lowest BCUT2D eigenvalue weighted by molar-refractivity contribution is 0.713. The number of nitrogen functional groups attached to an aromatic ring is 1. The summed E-state index contributed by atoms with van der Waals surface area (Å²) in [4.78, 5) is 5.56. The summed E-state index contributed by atoms with van der Waals surface area (Å²) in [5.74, 6) is 2.11. The Morgan fingerprint density at radius 3 is 2.60 bits per heavy atom. The second-order valence-electron chi connectivity index (χ2n) is 3.77. The Hall–Kier alpha value is -1.36. The average Bonchev–Trinajstić information content (AvgIpc) is 2.71. The fraction of sp³-hybridized carbons (Fsp3) is 0.400. The van der Waals surface area contributed by atoms with E-state index in [1.54, 1.807) is 4.68 Å². The molecule has 4 nitrogen and oxygen atoms in total. The van der Waals surface area contributed by atoms with Crippen molar-refractivity contribution in [1.29, 1.82) is 0 Å². The fourth-order valence-electron chi connectivity index (χ4n) is 1.34. The van der Waals surface area contributed by atoms with Gasteiger partial charge in [0.1, 0.15) is 0 Å². The smallest absolute Gasteiger partial charge is 0.168 e. The number of nitrogens with two attached hydrogens (primary N) is 1. The maximum Gasteiger partial charge on any atom is 0.168 e. The summed E-state index contributed by atoms with van der Waals surface area (Å²) in [7, 11) is 1.91. The molecule has 0 aromatic carbocycles. The Bertz CT molecular complexity index is 469. The first-order valence-electron chi connectivity index (χ1n) is 4.84. The van der Waals surface area contributed by atoms with Gasteiger partial charge in [0, 0.05) is 13.0 Å². The van der Waals surface area contributed by atoms with Gasteiger partial charge in [0.15, 0.2) is 11.6 Å². The maximum absolute atomic E-state index is 5.69. The highest BCUT2D eigenvalue weighted by molar-refractivity contribution is 7.19. The summed E-state index contributed by atoms with van der Waals surface area (Å²) in [6.07, 6.45) is 0. The summed E-state index contributed by atoms with van der Waals surface area (Å²) in [5, 5.41) is 5.17. The minimum absolute atomic E-state index is 0.349. The van der Waals surface area contributed by atoms with Gasteiger partial charge in [-0.2, -0.15) is 5.10 Å². The molecule has 0 saturated carbocycles. The van der Waals surface area contributed by atoms with Crippen LogP contribution in [0, 0.1) is 0 Å². The van der Waals surface area contributed by atoms with Crippen LogP contribution in [-0.4, -0.2) is 14.8 Å². The van der Waals surface area contributed by atoms with Gasteiger partial charge in [0.2, 0.25) is 0 Å². The van der Waals surface area contributed by atoms with Gasteiger partial charge in [0.25, 0.3) is 0 Å². The first-order chi connectivity index (χ1) is 7.08. The fourth-order valence-corrected chi connectivity index (χ4v) is 2.13. The molecule has 2 rings (SSSR count). The van der Waals surface area contributed by atoms with E-state index in [1.807, 2.05) is 19.2 Å². The van der Waals surface area contributed by atoms with Crippen molar-refractivity contribution in [2.45, 2.75) is 19.8 Å². The quantitative estimate of drug-likeness (QED) is 0.847. The van der Waals surface area contributed by atoms with E-state index in [0.29, 0.717) is 5.92 Å². The number of rotatable bonds is 2. The van der Waals surface area contributed by atoms with Crippen LogP contribution in [-0.2, 0) is 7.05 Å². The van der Waals surface area contributed by atoms with Gasteiger partial charge in [-0.25, -0.2) is 9.67 Å². The Labute approximate surface area is 92.8 Å². The van der Waals surface area contributed by atoms with Crippen molar-refractivity contribution in [1.82, 2.24) is 14.8 Å². The van der Waals surface area contributed by atoms with Crippen LogP contribution in [0.15, 0.2) is 12.1 Å². The van der Waals surface area contributed by atoms with Gasteiger partial charge < -0.3 is 5.73 Å². The lowest BCUT2D eigenvalue weighted by Crippen LogP contribution is -1.94. The normalized spacial score (nSPS) is 11.2. The average molecular weight is 222 g/mol. The number of hydrogen-bond donors (Lipinski definition) is 1. The number of thiophene rings is 1. The number of nitrogens with zero attached hydrogens (tertiary/aromatic N) is 3. The van der Waals surface area contributed by atoms with Crippen LogP contribution in [0.25, 0.3) is 10.7 Å². The summed E-state index contributed by atoms with van der Waals surface area (Å²) in [6, 6.07) is 3.87. The molecule has 0 unspecified atom stereocenters. The van der Waals surface area contributed by atoms with E-state index in [9.17, 15) is 0 Å². The molecular weight excluding hydrogens is 208 g/mol. The van der Waals surface area contributed by atoms with Crippen molar-refractivity contribution in [3.8, 4) is 10.7 Å². The summed E-state index contributed by atoms with van der Waals surface area (Å²) in [6.45, 7) is 4.17. The lowest BCUT2D eigenvalue weighted by atomic mass is 10.2. The van der Waals surface area contributed by atoms with Gasteiger partial charge in [-0.1, -0.05) is 13.8 Å². The number of hydrogen-bond acceptors (Lipinski definition) is 4. The monoisotopic (exact) mass is 222 g/mol. The van der Waals surface area contributed by atoms with E-state index >= 15 is 0 Å². The zero-order valence-electron chi connectivity index (χ0n) is 9.06. The molecule has 80 valence electrons. The molecule has 2 heterocycles. The highest BCUT2D eigenvalue weighted by atomic mass is 32.1. The molecule has 0 radical (unpaired) electrons. The first kappa shape index (κ1) is 10.2. The van der Waals surface area contributed by atoms with Crippen LogP contribution in [0.2, 0.25) is 0 Å². The highest BCUT2D eigenvalue weighted by Crippen LogP contribution is 2.28. The number of aromatic nitrogens is 3. The van der Waals surface area contributed by atoms with Crippen LogP contribution in [0.5, 0.6) is 0 Å². The summed E-state index contributed by atoms with van der Waals surface area (Å²) in [5.41, 5.74) is 5.69. The van der Waals surface area contributed by atoms with Gasteiger partial charge in [-0.15, -0.1) is 11.3 Å². The Morgan fingerprint density at radius 1 is 1.40 bits per heavy atom. The highest BCUT2D eigenvalue weighted by Gasteiger charge is 2.12. The van der Waals surface area contributed by atoms with Crippen LogP contribution in [0.1, 0.15) is 25.6 Å². The third-order valence-electron chi connectivity index (χ3n) is 2.14. The molecule has 5 heteroatoms. The molecule has 0 spiro atoms. The van der Waals surface area contributed by atoms with Crippen LogP contribution in [0.3, 0.4) is 0 Å². The van der Waals surface area contributed by atoms with Crippen LogP contribution >= 0.6 is 11.3 Å². The minimum Gasteiger partial charge on any atom is -0.391 e. The molecule has 0 aliphatic carbocycles. The molecule has 0 saturated heterocycles. The maximum atomic E-state index is 5.69. The summed E-state index contributed by atoms with van der Waals surface area (Å²) >= 11 is 1.53. The zero-order chi connectivity index (χ0) is 11.0. The predicted octanol–water partition coefficient (Wildman–Crippen LogP) is 2.25. The molecule has 15 heavy (non-hydrogen) atoms. The molecule has 0 aliphatic rings. The Kier molecular flexibility index (Phi) is 2.48. The van der Waals surface area contributed by atoms with Gasteiger partial charge in [0.05, 0.1) is 9.88 Å². The topological polar surface area (TPSA) is 56.7 Å². The van der Waals surface area contributed by atoms with Gasteiger partial charge in [-0.3, -0.25) is 0 Å². The SMILES string of the molecule is CC(C)c1nc(-c2ccc(N)s2)n(C)n1. The second-order valence-corrected chi connectivity index (χ2v) is 4.89. The molecule has 0 bridgehead atoms. The van der Waals surface area contributed by atoms with Gasteiger partial charge in [-0.05, 0) is 12.1 Å². The zero-order valence-corrected chi connectivity index (χ0v) is 9.88. The standard InChI is InChI=1S/C10H14N4S/c1-6(2)9-12-10(14(3)13-9)7-4-5-8(11)15-7/h4-6H,11H2,1-3H3. The van der Waals surface area contributed by atoms with Gasteiger partial charge >= 0.3 is 0 Å². The number of anilines is 1. The van der Waals surface area contributed by atoms with E-state index < -0.39 is 0 Å². The van der Waals surface area contributed by atoms with E-state index in [2.05, 4.69) is 23.9 Å². The molecule has 2 aromatic rings. The molecule has 0 fully saturated rings. The van der Waals surface area contributed by atoms with E-state index in [4.69, 9.17) is 5.73 Å². The molecule has 0 amide bonds. The van der Waals surface area contributed by atoms with Crippen molar-refractivity contribution in [2.24, 2.45) is 7.05 Å². The van der Waals surface area contributed by atoms with E-state index in [1.165, 1.54) is 11.3 Å². The molecule has 2 N–H and O–H groups in total. The van der Waals surface area contributed by atoms with E-state index in [-0.39, 0.29) is 0 Å². The van der Waals surface area contributed by atoms with Crippen molar-refractivity contribution in [2.75, 3.05) is 5.73 Å².